The quantitative estimate of drug-likeness (QED) is 0.600. The third kappa shape index (κ3) is 5.01. The van der Waals surface area contributed by atoms with E-state index in [2.05, 4.69) is 25.6 Å². The first-order chi connectivity index (χ1) is 12.8. The lowest BCUT2D eigenvalue weighted by Crippen LogP contribution is -2.17. The molecule has 11 heteroatoms. The topological polar surface area (TPSA) is 67.7 Å². The summed E-state index contributed by atoms with van der Waals surface area (Å²) in [6.45, 7) is 0.652. The first kappa shape index (κ1) is 19.2. The van der Waals surface area contributed by atoms with E-state index in [1.807, 2.05) is 0 Å². The zero-order valence-electron chi connectivity index (χ0n) is 13.6. The molecule has 0 saturated carbocycles. The summed E-state index contributed by atoms with van der Waals surface area (Å²) in [4.78, 5) is 11.6. The molecule has 27 heavy (non-hydrogen) atoms. The van der Waals surface area contributed by atoms with Gasteiger partial charge in [0.1, 0.15) is 11.4 Å². The minimum Gasteiger partial charge on any atom is -0.368 e. The van der Waals surface area contributed by atoms with Gasteiger partial charge in [-0.3, -0.25) is 0 Å². The van der Waals surface area contributed by atoms with Crippen molar-refractivity contribution in [2.24, 2.45) is 0 Å². The van der Waals surface area contributed by atoms with Crippen LogP contribution >= 0.6 is 23.2 Å². The van der Waals surface area contributed by atoms with E-state index in [0.29, 0.717) is 22.3 Å². The maximum atomic E-state index is 13.2. The molecular weight excluding hydrogens is 404 g/mol. The molecule has 1 aromatic carbocycles. The highest BCUT2D eigenvalue weighted by Gasteiger charge is 2.35. The van der Waals surface area contributed by atoms with Crippen LogP contribution in [-0.2, 0) is 12.7 Å². The van der Waals surface area contributed by atoms with Crippen LogP contribution in [-0.4, -0.2) is 26.1 Å². The summed E-state index contributed by atoms with van der Waals surface area (Å²) in [5, 5.41) is 6.16. The summed E-state index contributed by atoms with van der Waals surface area (Å²) in [5.74, 6) is -0.327. The fourth-order valence-corrected chi connectivity index (χ4v) is 2.51. The molecule has 6 nitrogen and oxygen atoms in total. The standard InChI is InChI=1S/C16H13Cl2F3N6/c17-12-2-1-10(7-13(12)18)25-15-24-8-11(16(19,20)21)14(26-15)23-4-6-27-5-3-22-9-27/h1-3,5,7-9H,4,6H2,(H2,23,24,25,26). The van der Waals surface area contributed by atoms with E-state index in [0.717, 1.165) is 6.20 Å². The van der Waals surface area contributed by atoms with Gasteiger partial charge in [-0.25, -0.2) is 9.97 Å². The number of rotatable bonds is 6. The SMILES string of the molecule is FC(F)(F)c1cnc(Nc2ccc(Cl)c(Cl)c2)nc1NCCn1ccnc1. The van der Waals surface area contributed by atoms with Gasteiger partial charge < -0.3 is 15.2 Å². The Kier molecular flexibility index (Phi) is 5.71. The first-order valence-electron chi connectivity index (χ1n) is 7.69. The van der Waals surface area contributed by atoms with Crippen molar-refractivity contribution in [3.05, 3.63) is 58.7 Å². The molecule has 0 radical (unpaired) electrons. The van der Waals surface area contributed by atoms with E-state index in [1.54, 1.807) is 35.4 Å². The van der Waals surface area contributed by atoms with Crippen LogP contribution in [0, 0.1) is 0 Å². The normalized spacial score (nSPS) is 11.4. The monoisotopic (exact) mass is 416 g/mol. The van der Waals surface area contributed by atoms with Gasteiger partial charge in [0.15, 0.2) is 0 Å². The predicted molar refractivity (Wildman–Crippen MR) is 97.5 cm³/mol. The van der Waals surface area contributed by atoms with Crippen molar-refractivity contribution in [1.82, 2.24) is 19.5 Å². The molecule has 0 aliphatic heterocycles. The average molecular weight is 417 g/mol. The number of imidazole rings is 1. The molecule has 2 N–H and O–H groups in total. The Labute approximate surface area is 162 Å². The molecule has 2 aromatic heterocycles. The molecule has 0 amide bonds. The van der Waals surface area contributed by atoms with Gasteiger partial charge in [0, 0.05) is 37.4 Å². The molecule has 3 aromatic rings. The number of hydrogen-bond donors (Lipinski definition) is 2. The third-order valence-corrected chi connectivity index (χ3v) is 4.23. The second kappa shape index (κ2) is 8.01. The fourth-order valence-electron chi connectivity index (χ4n) is 2.21. The van der Waals surface area contributed by atoms with Crippen LogP contribution in [0.15, 0.2) is 43.1 Å². The van der Waals surface area contributed by atoms with Gasteiger partial charge in [-0.2, -0.15) is 18.2 Å². The Hall–Kier alpha value is -2.52. The lowest BCUT2D eigenvalue weighted by Gasteiger charge is -2.15. The van der Waals surface area contributed by atoms with Crippen molar-refractivity contribution in [3.8, 4) is 0 Å². The summed E-state index contributed by atoms with van der Waals surface area (Å²) in [7, 11) is 0. The van der Waals surface area contributed by atoms with Gasteiger partial charge in [-0.05, 0) is 18.2 Å². The molecular formula is C16H13Cl2F3N6. The molecule has 3 rings (SSSR count). The van der Waals surface area contributed by atoms with Crippen molar-refractivity contribution in [2.45, 2.75) is 12.7 Å². The molecule has 2 heterocycles. The zero-order chi connectivity index (χ0) is 19.4. The van der Waals surface area contributed by atoms with Gasteiger partial charge >= 0.3 is 6.18 Å². The highest BCUT2D eigenvalue weighted by atomic mass is 35.5. The highest BCUT2D eigenvalue weighted by molar-refractivity contribution is 6.42. The predicted octanol–water partition coefficient (Wildman–Crippen LogP) is 4.85. The largest absolute Gasteiger partial charge is 0.421 e. The number of aromatic nitrogens is 4. The fraction of sp³-hybridized carbons (Fsp3) is 0.188. The van der Waals surface area contributed by atoms with Gasteiger partial charge in [0.25, 0.3) is 0 Å². The third-order valence-electron chi connectivity index (χ3n) is 3.49. The Morgan fingerprint density at radius 3 is 2.63 bits per heavy atom. The summed E-state index contributed by atoms with van der Waals surface area (Å²) in [5.41, 5.74) is -0.457. The van der Waals surface area contributed by atoms with Crippen LogP contribution in [0.2, 0.25) is 10.0 Å². The Balaban J connectivity index is 1.79. The Morgan fingerprint density at radius 1 is 1.15 bits per heavy atom. The van der Waals surface area contributed by atoms with Crippen LogP contribution in [0.5, 0.6) is 0 Å². The molecule has 0 aliphatic rings. The van der Waals surface area contributed by atoms with Crippen LogP contribution in [0.25, 0.3) is 0 Å². The highest BCUT2D eigenvalue weighted by Crippen LogP contribution is 2.34. The smallest absolute Gasteiger partial charge is 0.368 e. The van der Waals surface area contributed by atoms with Crippen molar-refractivity contribution >= 4 is 40.7 Å². The average Bonchev–Trinajstić information content (AvgIpc) is 3.11. The van der Waals surface area contributed by atoms with Crippen molar-refractivity contribution in [3.63, 3.8) is 0 Å². The number of halogens is 5. The maximum Gasteiger partial charge on any atom is 0.421 e. The zero-order valence-corrected chi connectivity index (χ0v) is 15.1. The Morgan fingerprint density at radius 2 is 1.96 bits per heavy atom. The van der Waals surface area contributed by atoms with Crippen molar-refractivity contribution in [1.29, 1.82) is 0 Å². The van der Waals surface area contributed by atoms with E-state index in [4.69, 9.17) is 23.2 Å². The first-order valence-corrected chi connectivity index (χ1v) is 8.44. The molecule has 0 aliphatic carbocycles. The number of alkyl halides is 3. The minimum absolute atomic E-state index is 0.00785. The number of benzene rings is 1. The van der Waals surface area contributed by atoms with E-state index in [9.17, 15) is 13.2 Å². The lowest BCUT2D eigenvalue weighted by molar-refractivity contribution is -0.137. The number of nitrogens with zero attached hydrogens (tertiary/aromatic N) is 4. The van der Waals surface area contributed by atoms with Gasteiger partial charge in [-0.15, -0.1) is 0 Å². The van der Waals surface area contributed by atoms with Crippen LogP contribution in [0.3, 0.4) is 0 Å². The molecule has 0 unspecified atom stereocenters. The second-order valence-electron chi connectivity index (χ2n) is 5.43. The molecule has 0 spiro atoms. The minimum atomic E-state index is -4.58. The van der Waals surface area contributed by atoms with E-state index in [1.165, 1.54) is 6.07 Å². The van der Waals surface area contributed by atoms with Gasteiger partial charge in [0.05, 0.1) is 16.4 Å². The van der Waals surface area contributed by atoms with Crippen LogP contribution in [0.1, 0.15) is 5.56 Å². The molecule has 0 atom stereocenters. The van der Waals surface area contributed by atoms with Crippen molar-refractivity contribution < 1.29 is 13.2 Å². The summed E-state index contributed by atoms with van der Waals surface area (Å²) in [6, 6.07) is 4.69. The number of anilines is 3. The lowest BCUT2D eigenvalue weighted by atomic mass is 10.3. The van der Waals surface area contributed by atoms with Crippen molar-refractivity contribution in [2.75, 3.05) is 17.2 Å². The summed E-state index contributed by atoms with van der Waals surface area (Å²) >= 11 is 11.8. The molecule has 0 saturated heterocycles. The molecule has 142 valence electrons. The molecule has 0 bridgehead atoms. The second-order valence-corrected chi connectivity index (χ2v) is 6.25. The van der Waals surface area contributed by atoms with E-state index < -0.39 is 11.7 Å². The van der Waals surface area contributed by atoms with E-state index in [-0.39, 0.29) is 18.3 Å². The number of nitrogens with one attached hydrogen (secondary N) is 2. The summed E-state index contributed by atoms with van der Waals surface area (Å²) in [6.07, 6.45) is 1.02. The van der Waals surface area contributed by atoms with Gasteiger partial charge in [0.2, 0.25) is 5.95 Å². The van der Waals surface area contributed by atoms with Crippen LogP contribution in [0.4, 0.5) is 30.6 Å². The summed E-state index contributed by atoms with van der Waals surface area (Å²) < 4.78 is 41.4. The Bertz CT molecular complexity index is 915. The maximum absolute atomic E-state index is 13.2. The van der Waals surface area contributed by atoms with E-state index >= 15 is 0 Å². The number of hydrogen-bond acceptors (Lipinski definition) is 5. The molecule has 0 fully saturated rings. The van der Waals surface area contributed by atoms with Gasteiger partial charge in [-0.1, -0.05) is 23.2 Å². The van der Waals surface area contributed by atoms with Crippen LogP contribution < -0.4 is 10.6 Å².